The normalized spacial score (nSPS) is 10.2. The lowest BCUT2D eigenvalue weighted by Crippen LogP contribution is -2.58. The van der Waals surface area contributed by atoms with Gasteiger partial charge in [-0.25, -0.2) is 8.78 Å². The minimum atomic E-state index is -1.81. The summed E-state index contributed by atoms with van der Waals surface area (Å²) >= 11 is 5.17. The summed E-state index contributed by atoms with van der Waals surface area (Å²) in [5.74, 6) is -7.51. The Hall–Kier alpha value is -1.96. The van der Waals surface area contributed by atoms with Crippen LogP contribution in [0, 0.1) is 22.4 Å². The molecule has 0 amide bonds. The molecule has 0 saturated carbocycles. The third-order valence-corrected chi connectivity index (χ3v) is 2.59. The Kier molecular flexibility index (Phi) is 5.20. The number of ketones is 1. The van der Waals surface area contributed by atoms with Crippen LogP contribution in [0.4, 0.5) is 18.9 Å². The van der Waals surface area contributed by atoms with E-state index in [1.165, 1.54) is 6.92 Å². The van der Waals surface area contributed by atoms with E-state index in [-0.39, 0.29) is 6.61 Å². The van der Waals surface area contributed by atoms with Crippen molar-refractivity contribution in [2.24, 2.45) is 0 Å². The van der Waals surface area contributed by atoms with Gasteiger partial charge in [0.15, 0.2) is 17.4 Å². The maximum Gasteiger partial charge on any atom is 0.313 e. The van der Waals surface area contributed by atoms with E-state index in [9.17, 15) is 27.7 Å². The van der Waals surface area contributed by atoms with E-state index < -0.39 is 51.9 Å². The van der Waals surface area contributed by atoms with Gasteiger partial charge in [-0.3, -0.25) is 9.59 Å². The number of nitrogens with one attached hydrogen (secondary N) is 1. The lowest BCUT2D eigenvalue weighted by molar-refractivity contribution is -0.383. The first-order valence-electron chi connectivity index (χ1n) is 5.28. The molecule has 9 heteroatoms. The van der Waals surface area contributed by atoms with Gasteiger partial charge in [-0.1, -0.05) is 11.6 Å². The van der Waals surface area contributed by atoms with Crippen molar-refractivity contribution in [1.82, 2.24) is 0 Å². The lowest BCUT2D eigenvalue weighted by atomic mass is 10.0. The molecule has 0 aliphatic carbocycles. The summed E-state index contributed by atoms with van der Waals surface area (Å²) in [4.78, 5) is 33.4. The molecular weight excluding hydrogens is 303 g/mol. The first-order valence-corrected chi connectivity index (χ1v) is 5.65. The highest BCUT2D eigenvalue weighted by atomic mass is 35.5. The summed E-state index contributed by atoms with van der Waals surface area (Å²) < 4.78 is 44.7. The quantitative estimate of drug-likeness (QED) is 0.293. The number of benzene rings is 1. The molecule has 0 heterocycles. The van der Waals surface area contributed by atoms with Gasteiger partial charge in [-0.15, -0.1) is 0 Å². The molecule has 0 bridgehead atoms. The Morgan fingerprint density at radius 2 is 1.80 bits per heavy atom. The van der Waals surface area contributed by atoms with Gasteiger partial charge in [0.1, 0.15) is 17.0 Å². The Morgan fingerprint density at radius 3 is 2.30 bits per heavy atom. The van der Waals surface area contributed by atoms with Crippen LogP contribution in [0.25, 0.3) is 0 Å². The predicted octanol–water partition coefficient (Wildman–Crippen LogP) is 1.37. The molecule has 108 valence electrons. The van der Waals surface area contributed by atoms with Gasteiger partial charge in [-0.05, 0) is 6.92 Å². The Balaban J connectivity index is 3.33. The Bertz CT molecular complexity index is 592. The van der Waals surface area contributed by atoms with Crippen molar-refractivity contribution in [3.05, 3.63) is 32.9 Å². The zero-order chi connectivity index (χ0) is 15.4. The molecule has 20 heavy (non-hydrogen) atoms. The SMILES string of the molecule is CCOC(=O)CC(=O)c1c(F)c(Cl)c(F)c(F)c1[NH+]=O. The van der Waals surface area contributed by atoms with Crippen LogP contribution in [-0.4, -0.2) is 18.4 Å². The summed E-state index contributed by atoms with van der Waals surface area (Å²) in [6.45, 7) is 1.45. The second kappa shape index (κ2) is 6.47. The molecule has 5 nitrogen and oxygen atoms in total. The zero-order valence-corrected chi connectivity index (χ0v) is 10.8. The van der Waals surface area contributed by atoms with Crippen molar-refractivity contribution >= 4 is 29.0 Å². The van der Waals surface area contributed by atoms with E-state index >= 15 is 0 Å². The summed E-state index contributed by atoms with van der Waals surface area (Å²) in [5.41, 5.74) is -2.38. The standard InChI is InChI=1S/C11H7ClF3NO4/c1-2-20-5(18)3-4(17)6-8(13)7(12)9(14)10(15)11(6)16-19/h2-3H2,1H3/p+1. The Labute approximate surface area is 115 Å². The fourth-order valence-corrected chi connectivity index (χ4v) is 1.60. The highest BCUT2D eigenvalue weighted by Crippen LogP contribution is 2.30. The van der Waals surface area contributed by atoms with Crippen LogP contribution >= 0.6 is 11.6 Å². The van der Waals surface area contributed by atoms with Crippen molar-refractivity contribution in [2.45, 2.75) is 13.3 Å². The maximum absolute atomic E-state index is 13.7. The number of hydrogen-bond acceptors (Lipinski definition) is 4. The summed E-state index contributed by atoms with van der Waals surface area (Å²) in [7, 11) is 0. The van der Waals surface area contributed by atoms with Crippen LogP contribution in [-0.2, 0) is 9.53 Å². The highest BCUT2D eigenvalue weighted by molar-refractivity contribution is 6.31. The van der Waals surface area contributed by atoms with Crippen LogP contribution in [0.1, 0.15) is 23.7 Å². The molecule has 0 unspecified atom stereocenters. The van der Waals surface area contributed by atoms with Crippen LogP contribution in [0.2, 0.25) is 5.02 Å². The molecule has 0 saturated heterocycles. The van der Waals surface area contributed by atoms with Gasteiger partial charge in [0.05, 0.1) is 6.61 Å². The number of ether oxygens (including phenoxy) is 1. The van der Waals surface area contributed by atoms with Crippen molar-refractivity contribution in [3.8, 4) is 0 Å². The van der Waals surface area contributed by atoms with E-state index in [0.29, 0.717) is 0 Å². The molecule has 0 radical (unpaired) electrons. The fraction of sp³-hybridized carbons (Fsp3) is 0.273. The molecule has 1 N–H and O–H groups in total. The average Bonchev–Trinajstić information content (AvgIpc) is 2.40. The molecule has 1 rings (SSSR count). The molecule has 0 aliphatic rings. The van der Waals surface area contributed by atoms with Gasteiger partial charge in [-0.2, -0.15) is 4.39 Å². The highest BCUT2D eigenvalue weighted by Gasteiger charge is 2.33. The molecule has 0 fully saturated rings. The molecule has 0 atom stereocenters. The molecule has 1 aromatic rings. The van der Waals surface area contributed by atoms with E-state index in [0.717, 1.165) is 5.18 Å². The third kappa shape index (κ3) is 2.96. The van der Waals surface area contributed by atoms with Gasteiger partial charge < -0.3 is 4.74 Å². The number of carbonyl (C=O) groups excluding carboxylic acids is 2. The number of hydrogen-bond donors (Lipinski definition) is 1. The second-order valence-electron chi connectivity index (χ2n) is 3.51. The van der Waals surface area contributed by atoms with Crippen molar-refractivity contribution in [2.75, 3.05) is 6.61 Å². The molecular formula is C11H8ClF3NO4+. The monoisotopic (exact) mass is 310 g/mol. The van der Waals surface area contributed by atoms with E-state index in [2.05, 4.69) is 4.74 Å². The second-order valence-corrected chi connectivity index (χ2v) is 3.89. The van der Waals surface area contributed by atoms with Crippen molar-refractivity contribution < 1.29 is 32.7 Å². The molecule has 0 aromatic heterocycles. The number of carbonyl (C=O) groups is 2. The van der Waals surface area contributed by atoms with E-state index in [1.54, 1.807) is 0 Å². The maximum atomic E-state index is 13.7. The van der Waals surface area contributed by atoms with Crippen LogP contribution < -0.4 is 5.18 Å². The first-order chi connectivity index (χ1) is 9.34. The van der Waals surface area contributed by atoms with E-state index in [4.69, 9.17) is 11.6 Å². The predicted molar refractivity (Wildman–Crippen MR) is 60.9 cm³/mol. The minimum Gasteiger partial charge on any atom is -0.466 e. The Morgan fingerprint density at radius 1 is 1.20 bits per heavy atom. The zero-order valence-electron chi connectivity index (χ0n) is 10.1. The number of esters is 1. The van der Waals surface area contributed by atoms with Crippen molar-refractivity contribution in [1.29, 1.82) is 0 Å². The third-order valence-electron chi connectivity index (χ3n) is 2.26. The minimum absolute atomic E-state index is 0.0280. The average molecular weight is 311 g/mol. The van der Waals surface area contributed by atoms with Gasteiger partial charge in [0.25, 0.3) is 0 Å². The summed E-state index contributed by atoms with van der Waals surface area (Å²) in [6, 6.07) is 0. The molecule has 0 spiro atoms. The van der Waals surface area contributed by atoms with Gasteiger partial charge in [0.2, 0.25) is 5.82 Å². The van der Waals surface area contributed by atoms with Crippen LogP contribution in [0.3, 0.4) is 0 Å². The van der Waals surface area contributed by atoms with Crippen LogP contribution in [0.15, 0.2) is 0 Å². The van der Waals surface area contributed by atoms with Crippen LogP contribution in [0.5, 0.6) is 0 Å². The molecule has 0 aliphatic heterocycles. The van der Waals surface area contributed by atoms with Crippen molar-refractivity contribution in [3.63, 3.8) is 0 Å². The number of halogens is 4. The molecule has 1 aromatic carbocycles. The van der Waals surface area contributed by atoms with Gasteiger partial charge in [0, 0.05) is 10.1 Å². The summed E-state index contributed by atoms with van der Waals surface area (Å²) in [5, 5.41) is -0.361. The smallest absolute Gasteiger partial charge is 0.313 e. The van der Waals surface area contributed by atoms with Gasteiger partial charge >= 0.3 is 11.7 Å². The largest absolute Gasteiger partial charge is 0.466 e. The first kappa shape index (κ1) is 16.1. The number of nitroso groups, excluding NO2 is 1. The summed E-state index contributed by atoms with van der Waals surface area (Å²) in [6.07, 6.45) is -0.944. The number of rotatable bonds is 5. The number of Topliss-reactive ketones (excluding diaryl/α,β-unsaturated/α-hetero) is 1. The lowest BCUT2D eigenvalue weighted by Gasteiger charge is -2.05. The van der Waals surface area contributed by atoms with E-state index in [1.807, 2.05) is 0 Å². The topological polar surface area (TPSA) is 74.4 Å². The fourth-order valence-electron chi connectivity index (χ4n) is 1.42.